The van der Waals surface area contributed by atoms with E-state index in [0.29, 0.717) is 6.42 Å². The van der Waals surface area contributed by atoms with Crippen LogP contribution in [0.15, 0.2) is 5.11 Å². The molecule has 1 rings (SSSR count). The fraction of sp³-hybridized carbons (Fsp3) is 0.765. The molecule has 168 valence electrons. The minimum absolute atomic E-state index is 0.0484. The molecule has 0 saturated carbocycles. The third-order valence-electron chi connectivity index (χ3n) is 3.70. The lowest BCUT2D eigenvalue weighted by atomic mass is 9.98. The van der Waals surface area contributed by atoms with Crippen molar-refractivity contribution in [1.82, 2.24) is 0 Å². The summed E-state index contributed by atoms with van der Waals surface area (Å²) in [6.07, 6.45) is -5.78. The standard InChI is InChI=1S/C17H25N3O10/c1-9(21)26-8-13-14(27-10(2)22)15(28-11(3)23)16(29-12(4)24)17(30-13)25-7-5-6-19-20-18/h13-17H,5-8H2,1-4H3/t13-,14-,15+,16-,17-/m1/s1. The number of hydrogen-bond donors (Lipinski definition) is 0. The molecule has 1 aliphatic rings. The van der Waals surface area contributed by atoms with Crippen LogP contribution in [0.2, 0.25) is 0 Å². The Morgan fingerprint density at radius 2 is 1.47 bits per heavy atom. The molecule has 0 unspecified atom stereocenters. The Balaban J connectivity index is 3.17. The van der Waals surface area contributed by atoms with Gasteiger partial charge in [-0.25, -0.2) is 0 Å². The number of hydrogen-bond acceptors (Lipinski definition) is 11. The number of nitrogens with zero attached hydrogens (tertiary/aromatic N) is 3. The number of ether oxygens (including phenoxy) is 6. The van der Waals surface area contributed by atoms with Crippen molar-refractivity contribution >= 4 is 23.9 Å². The Kier molecular flexibility index (Phi) is 10.6. The molecular formula is C17H25N3O10. The van der Waals surface area contributed by atoms with Crippen LogP contribution in [0, 0.1) is 0 Å². The van der Waals surface area contributed by atoms with Crippen LogP contribution in [0.4, 0.5) is 0 Å². The van der Waals surface area contributed by atoms with Crippen LogP contribution in [0.1, 0.15) is 34.1 Å². The third-order valence-corrected chi connectivity index (χ3v) is 3.70. The highest BCUT2D eigenvalue weighted by Crippen LogP contribution is 2.30. The SMILES string of the molecule is CC(=O)OC[C@H]1O[C@@H](OCCCN=[N+]=[N-])[C@H](OC(C)=O)[C@@H](OC(C)=O)[C@@H]1OC(C)=O. The molecule has 0 N–H and O–H groups in total. The van der Waals surface area contributed by atoms with Crippen LogP contribution in [0.25, 0.3) is 10.4 Å². The fourth-order valence-electron chi connectivity index (χ4n) is 2.70. The van der Waals surface area contributed by atoms with Gasteiger partial charge in [0.25, 0.3) is 0 Å². The molecule has 0 spiro atoms. The van der Waals surface area contributed by atoms with Crippen LogP contribution in [-0.2, 0) is 47.6 Å². The molecule has 0 aromatic heterocycles. The van der Waals surface area contributed by atoms with Gasteiger partial charge in [0.2, 0.25) is 0 Å². The number of carbonyl (C=O) groups excluding carboxylic acids is 4. The van der Waals surface area contributed by atoms with Gasteiger partial charge in [-0.3, -0.25) is 19.2 Å². The molecule has 0 aromatic carbocycles. The molecular weight excluding hydrogens is 406 g/mol. The number of rotatable bonds is 10. The van der Waals surface area contributed by atoms with Crippen molar-refractivity contribution in [3.05, 3.63) is 10.4 Å². The van der Waals surface area contributed by atoms with Crippen molar-refractivity contribution in [2.75, 3.05) is 19.8 Å². The molecule has 1 heterocycles. The average molecular weight is 431 g/mol. The zero-order valence-corrected chi connectivity index (χ0v) is 17.1. The van der Waals surface area contributed by atoms with Crippen molar-refractivity contribution in [3.63, 3.8) is 0 Å². The minimum atomic E-state index is -1.29. The lowest BCUT2D eigenvalue weighted by molar-refractivity contribution is -0.308. The van der Waals surface area contributed by atoms with E-state index in [2.05, 4.69) is 10.0 Å². The zero-order valence-electron chi connectivity index (χ0n) is 17.1. The molecule has 30 heavy (non-hydrogen) atoms. The van der Waals surface area contributed by atoms with Gasteiger partial charge >= 0.3 is 23.9 Å². The molecule has 0 radical (unpaired) electrons. The predicted octanol–water partition coefficient (Wildman–Crippen LogP) is 0.786. The Hall–Kier alpha value is -2.89. The summed E-state index contributed by atoms with van der Waals surface area (Å²) in [6, 6.07) is 0. The van der Waals surface area contributed by atoms with Gasteiger partial charge in [-0.05, 0) is 12.0 Å². The second kappa shape index (κ2) is 12.6. The first-order valence-electron chi connectivity index (χ1n) is 9.08. The third kappa shape index (κ3) is 8.64. The molecule has 1 fully saturated rings. The summed E-state index contributed by atoms with van der Waals surface area (Å²) in [6.45, 7) is 4.44. The monoisotopic (exact) mass is 431 g/mol. The van der Waals surface area contributed by atoms with Gasteiger partial charge in [0.05, 0.1) is 6.61 Å². The van der Waals surface area contributed by atoms with Crippen molar-refractivity contribution in [3.8, 4) is 0 Å². The van der Waals surface area contributed by atoms with Crippen molar-refractivity contribution in [1.29, 1.82) is 0 Å². The predicted molar refractivity (Wildman–Crippen MR) is 96.5 cm³/mol. The number of azide groups is 1. The molecule has 5 atom stereocenters. The normalized spacial score (nSPS) is 25.4. The number of esters is 4. The maximum absolute atomic E-state index is 11.7. The summed E-state index contributed by atoms with van der Waals surface area (Å²) in [5.74, 6) is -2.78. The Labute approximate surface area is 172 Å². The summed E-state index contributed by atoms with van der Waals surface area (Å²) in [7, 11) is 0. The van der Waals surface area contributed by atoms with Crippen LogP contribution in [0.5, 0.6) is 0 Å². The van der Waals surface area contributed by atoms with E-state index in [0.717, 1.165) is 20.8 Å². The van der Waals surface area contributed by atoms with E-state index in [-0.39, 0.29) is 19.8 Å². The molecule has 13 heteroatoms. The largest absolute Gasteiger partial charge is 0.463 e. The highest BCUT2D eigenvalue weighted by Gasteiger charge is 2.52. The van der Waals surface area contributed by atoms with Gasteiger partial charge in [0.1, 0.15) is 12.7 Å². The molecule has 0 aliphatic carbocycles. The van der Waals surface area contributed by atoms with E-state index in [1.807, 2.05) is 0 Å². The zero-order chi connectivity index (χ0) is 22.7. The van der Waals surface area contributed by atoms with E-state index in [9.17, 15) is 19.2 Å². The quantitative estimate of drug-likeness (QED) is 0.120. The Morgan fingerprint density at radius 3 is 2.00 bits per heavy atom. The molecule has 13 nitrogen and oxygen atoms in total. The minimum Gasteiger partial charge on any atom is -0.463 e. The lowest BCUT2D eigenvalue weighted by Crippen LogP contribution is -2.63. The van der Waals surface area contributed by atoms with Crippen LogP contribution >= 0.6 is 0 Å². The van der Waals surface area contributed by atoms with E-state index < -0.39 is 54.6 Å². The summed E-state index contributed by atoms with van der Waals surface area (Å²) in [4.78, 5) is 48.7. The van der Waals surface area contributed by atoms with Gasteiger partial charge < -0.3 is 28.4 Å². The van der Waals surface area contributed by atoms with Gasteiger partial charge in [0.15, 0.2) is 24.6 Å². The summed E-state index contributed by atoms with van der Waals surface area (Å²) >= 11 is 0. The Morgan fingerprint density at radius 1 is 0.900 bits per heavy atom. The summed E-state index contributed by atoms with van der Waals surface area (Å²) < 4.78 is 32.0. The van der Waals surface area contributed by atoms with E-state index in [1.54, 1.807) is 0 Å². The lowest BCUT2D eigenvalue weighted by Gasteiger charge is -2.44. The first-order chi connectivity index (χ1) is 14.1. The summed E-state index contributed by atoms with van der Waals surface area (Å²) in [5, 5.41) is 3.37. The summed E-state index contributed by atoms with van der Waals surface area (Å²) in [5.41, 5.74) is 8.32. The van der Waals surface area contributed by atoms with Crippen molar-refractivity contribution < 1.29 is 47.6 Å². The molecule has 1 saturated heterocycles. The smallest absolute Gasteiger partial charge is 0.303 e. The van der Waals surface area contributed by atoms with Crippen molar-refractivity contribution in [2.45, 2.75) is 64.8 Å². The second-order valence-corrected chi connectivity index (χ2v) is 6.25. The molecule has 0 aromatic rings. The van der Waals surface area contributed by atoms with Crippen molar-refractivity contribution in [2.24, 2.45) is 5.11 Å². The van der Waals surface area contributed by atoms with E-state index in [1.165, 1.54) is 6.92 Å². The van der Waals surface area contributed by atoms with E-state index in [4.69, 9.17) is 34.0 Å². The number of carbonyl (C=O) groups is 4. The first kappa shape index (κ1) is 25.1. The second-order valence-electron chi connectivity index (χ2n) is 6.25. The molecule has 0 bridgehead atoms. The van der Waals surface area contributed by atoms with Crippen LogP contribution in [-0.4, -0.2) is 74.3 Å². The maximum Gasteiger partial charge on any atom is 0.303 e. The highest BCUT2D eigenvalue weighted by molar-refractivity contribution is 5.68. The first-order valence-corrected chi connectivity index (χ1v) is 9.08. The molecule has 0 amide bonds. The van der Waals surface area contributed by atoms with Gasteiger partial charge in [0, 0.05) is 39.2 Å². The van der Waals surface area contributed by atoms with Crippen LogP contribution < -0.4 is 0 Å². The maximum atomic E-state index is 11.7. The van der Waals surface area contributed by atoms with Gasteiger partial charge in [-0.2, -0.15) is 0 Å². The Bertz CT molecular complexity index is 679. The van der Waals surface area contributed by atoms with Gasteiger partial charge in [-0.15, -0.1) is 0 Å². The molecule has 1 aliphatic heterocycles. The average Bonchev–Trinajstić information content (AvgIpc) is 2.63. The van der Waals surface area contributed by atoms with Crippen LogP contribution in [0.3, 0.4) is 0 Å². The van der Waals surface area contributed by atoms with Gasteiger partial charge in [-0.1, -0.05) is 5.11 Å². The topological polar surface area (TPSA) is 172 Å². The highest BCUT2D eigenvalue weighted by atomic mass is 16.7. The van der Waals surface area contributed by atoms with E-state index >= 15 is 0 Å². The fourth-order valence-corrected chi connectivity index (χ4v) is 2.70.